The fourth-order valence-electron chi connectivity index (χ4n) is 1.93. The van der Waals surface area contributed by atoms with E-state index in [2.05, 4.69) is 4.74 Å². The van der Waals surface area contributed by atoms with Gasteiger partial charge in [-0.25, -0.2) is 0 Å². The molecule has 0 saturated carbocycles. The van der Waals surface area contributed by atoms with E-state index >= 15 is 0 Å². The molecule has 0 aliphatic heterocycles. The van der Waals surface area contributed by atoms with Gasteiger partial charge in [-0.2, -0.15) is 26.3 Å². The molecule has 0 radical (unpaired) electrons. The lowest BCUT2D eigenvalue weighted by atomic mass is 10.2. The maximum Gasteiger partial charge on any atom is 0.416 e. The molecule has 15 heteroatoms. The zero-order valence-corrected chi connectivity index (χ0v) is 15.2. The van der Waals surface area contributed by atoms with Crippen LogP contribution in [0.5, 0.6) is 11.5 Å². The topological polar surface area (TPSA) is 125 Å². The highest BCUT2D eigenvalue weighted by Gasteiger charge is 2.33. The number of phenolic OH excluding ortho intramolecular Hbond substituents is 1. The molecule has 1 N–H and O–H groups in total. The van der Waals surface area contributed by atoms with Gasteiger partial charge in [-0.15, -0.1) is 0 Å². The largest absolute Gasteiger partial charge is 0.502 e. The number of rotatable bonds is 5. The van der Waals surface area contributed by atoms with E-state index in [1.807, 2.05) is 0 Å². The minimum absolute atomic E-state index is 0.318. The number of nitro benzene ring substituents is 2. The number of phenols is 1. The monoisotopic (exact) mass is 458 g/mol. The second-order valence-corrected chi connectivity index (χ2v) is 5.45. The number of hydrogen-bond donors (Lipinski definition) is 1. The third kappa shape index (κ3) is 7.29. The molecule has 0 atom stereocenters. The standard InChI is InChI=1S/C9H8F3NO4.C7H4F3NO3/c1-16-5-17-8-4-6(9(10,11)12)2-3-7(8)13(14)15;8-7(9,10)4-1-2-5(11(13)14)6(12)3-4/h2-4H,5H2,1H3;1-3,12H. The lowest BCUT2D eigenvalue weighted by Crippen LogP contribution is -2.07. The third-order valence-corrected chi connectivity index (χ3v) is 3.32. The predicted molar refractivity (Wildman–Crippen MR) is 90.4 cm³/mol. The summed E-state index contributed by atoms with van der Waals surface area (Å²) in [6.07, 6.45) is -9.20. The van der Waals surface area contributed by atoms with Crippen molar-refractivity contribution in [3.05, 3.63) is 67.8 Å². The van der Waals surface area contributed by atoms with Crippen LogP contribution in [-0.4, -0.2) is 28.9 Å². The van der Waals surface area contributed by atoms with Crippen LogP contribution in [0.4, 0.5) is 37.7 Å². The maximum atomic E-state index is 12.4. The first-order chi connectivity index (χ1) is 14.2. The fraction of sp³-hybridized carbons (Fsp3) is 0.250. The molecule has 170 valence electrons. The van der Waals surface area contributed by atoms with E-state index in [-0.39, 0.29) is 6.79 Å². The molecule has 0 aliphatic rings. The maximum absolute atomic E-state index is 12.4. The molecule has 31 heavy (non-hydrogen) atoms. The lowest BCUT2D eigenvalue weighted by molar-refractivity contribution is -0.386. The first kappa shape index (κ1) is 25.4. The van der Waals surface area contributed by atoms with Crippen LogP contribution in [0.2, 0.25) is 0 Å². The molecule has 0 amide bonds. The SMILES string of the molecule is COCOc1cc(C(F)(F)F)ccc1[N+](=O)[O-].O=[N+]([O-])c1ccc(C(F)(F)F)cc1O. The van der Waals surface area contributed by atoms with Crippen LogP contribution in [0, 0.1) is 20.2 Å². The average molecular weight is 458 g/mol. The summed E-state index contributed by atoms with van der Waals surface area (Å²) in [6.45, 7) is -0.373. The van der Waals surface area contributed by atoms with Gasteiger partial charge in [-0.3, -0.25) is 20.2 Å². The van der Waals surface area contributed by atoms with Crippen molar-refractivity contribution in [2.75, 3.05) is 13.9 Å². The van der Waals surface area contributed by atoms with Crippen molar-refractivity contribution in [3.8, 4) is 11.5 Å². The highest BCUT2D eigenvalue weighted by atomic mass is 19.4. The quantitative estimate of drug-likeness (QED) is 0.292. The summed E-state index contributed by atoms with van der Waals surface area (Å²) in [5, 5.41) is 29.6. The Hall–Kier alpha value is -3.62. The molecule has 0 fully saturated rings. The molecule has 0 heterocycles. The minimum atomic E-state index is -4.62. The smallest absolute Gasteiger partial charge is 0.416 e. The van der Waals surface area contributed by atoms with Gasteiger partial charge in [-0.1, -0.05) is 0 Å². The molecule has 0 bridgehead atoms. The third-order valence-electron chi connectivity index (χ3n) is 3.32. The second-order valence-electron chi connectivity index (χ2n) is 5.45. The van der Waals surface area contributed by atoms with E-state index in [9.17, 15) is 46.6 Å². The summed E-state index contributed by atoms with van der Waals surface area (Å²) < 4.78 is 82.4. The van der Waals surface area contributed by atoms with Crippen LogP contribution in [0.1, 0.15) is 11.1 Å². The Morgan fingerprint density at radius 3 is 1.71 bits per heavy atom. The van der Waals surface area contributed by atoms with Gasteiger partial charge in [0.15, 0.2) is 12.5 Å². The first-order valence-electron chi connectivity index (χ1n) is 7.70. The van der Waals surface area contributed by atoms with Gasteiger partial charge in [0.2, 0.25) is 5.75 Å². The van der Waals surface area contributed by atoms with Gasteiger partial charge in [0.1, 0.15) is 0 Å². The van der Waals surface area contributed by atoms with E-state index in [1.54, 1.807) is 0 Å². The molecule has 2 aromatic rings. The number of hydrogen-bond acceptors (Lipinski definition) is 7. The number of halogens is 6. The van der Waals surface area contributed by atoms with Gasteiger partial charge < -0.3 is 14.6 Å². The van der Waals surface area contributed by atoms with Crippen molar-refractivity contribution in [1.29, 1.82) is 0 Å². The van der Waals surface area contributed by atoms with Gasteiger partial charge in [0, 0.05) is 19.2 Å². The number of nitrogens with zero attached hydrogens (tertiary/aromatic N) is 2. The Balaban J connectivity index is 0.000000316. The minimum Gasteiger partial charge on any atom is -0.502 e. The van der Waals surface area contributed by atoms with Crippen LogP contribution in [-0.2, 0) is 17.1 Å². The summed E-state index contributed by atoms with van der Waals surface area (Å²) >= 11 is 0. The predicted octanol–water partition coefficient (Wildman–Crippen LogP) is 4.92. The molecule has 0 unspecified atom stereocenters. The van der Waals surface area contributed by atoms with E-state index in [4.69, 9.17) is 9.84 Å². The number of ether oxygens (including phenoxy) is 2. The van der Waals surface area contributed by atoms with Crippen LogP contribution >= 0.6 is 0 Å². The summed E-state index contributed by atoms with van der Waals surface area (Å²) in [5.74, 6) is -1.48. The number of nitro groups is 2. The van der Waals surface area contributed by atoms with Crippen LogP contribution in [0.3, 0.4) is 0 Å². The van der Waals surface area contributed by atoms with Gasteiger partial charge in [-0.05, 0) is 24.3 Å². The lowest BCUT2D eigenvalue weighted by Gasteiger charge is -2.09. The van der Waals surface area contributed by atoms with E-state index in [0.29, 0.717) is 30.3 Å². The Morgan fingerprint density at radius 1 is 0.871 bits per heavy atom. The van der Waals surface area contributed by atoms with Crippen molar-refractivity contribution in [1.82, 2.24) is 0 Å². The van der Waals surface area contributed by atoms with Crippen LogP contribution in [0.25, 0.3) is 0 Å². The summed E-state index contributed by atoms with van der Waals surface area (Å²) in [5.41, 5.74) is -3.44. The van der Waals surface area contributed by atoms with Crippen molar-refractivity contribution >= 4 is 11.4 Å². The van der Waals surface area contributed by atoms with Crippen molar-refractivity contribution < 1.29 is 50.8 Å². The zero-order valence-electron chi connectivity index (χ0n) is 15.2. The van der Waals surface area contributed by atoms with E-state index in [0.717, 1.165) is 6.07 Å². The molecule has 2 rings (SSSR count). The first-order valence-corrected chi connectivity index (χ1v) is 7.70. The second kappa shape index (κ2) is 9.92. The number of benzene rings is 2. The number of aromatic hydroxyl groups is 1. The Bertz CT molecular complexity index is 947. The Labute approximate surface area is 168 Å². The molecule has 9 nitrogen and oxygen atoms in total. The van der Waals surface area contributed by atoms with Gasteiger partial charge >= 0.3 is 23.7 Å². The van der Waals surface area contributed by atoms with Crippen molar-refractivity contribution in [2.45, 2.75) is 12.4 Å². The molecule has 0 aromatic heterocycles. The average Bonchev–Trinajstić information content (AvgIpc) is 2.64. The van der Waals surface area contributed by atoms with E-state index in [1.165, 1.54) is 7.11 Å². The normalized spacial score (nSPS) is 11.3. The van der Waals surface area contributed by atoms with Crippen molar-refractivity contribution in [2.24, 2.45) is 0 Å². The molecular weight excluding hydrogens is 446 g/mol. The summed E-state index contributed by atoms with van der Waals surface area (Å²) in [4.78, 5) is 18.9. The number of methoxy groups -OCH3 is 1. The molecule has 2 aromatic carbocycles. The van der Waals surface area contributed by atoms with Crippen LogP contribution < -0.4 is 4.74 Å². The Morgan fingerprint density at radius 2 is 1.32 bits per heavy atom. The summed E-state index contributed by atoms with van der Waals surface area (Å²) in [7, 11) is 1.25. The van der Waals surface area contributed by atoms with Gasteiger partial charge in [0.25, 0.3) is 0 Å². The highest BCUT2D eigenvalue weighted by Crippen LogP contribution is 2.36. The molecule has 0 spiro atoms. The van der Waals surface area contributed by atoms with Crippen LogP contribution in [0.15, 0.2) is 36.4 Å². The Kier molecular flexibility index (Phi) is 8.14. The molecule has 0 aliphatic carbocycles. The van der Waals surface area contributed by atoms with E-state index < -0.39 is 56.2 Å². The molecule has 0 saturated heterocycles. The zero-order chi connectivity index (χ0) is 24.0. The summed E-state index contributed by atoms with van der Waals surface area (Å²) in [6, 6.07) is 3.40. The highest BCUT2D eigenvalue weighted by molar-refractivity contribution is 5.49. The fourth-order valence-corrected chi connectivity index (χ4v) is 1.93. The molecular formula is C16H12F6N2O7. The number of alkyl halides is 6. The van der Waals surface area contributed by atoms with Gasteiger partial charge in [0.05, 0.1) is 21.0 Å². The van der Waals surface area contributed by atoms with Crippen molar-refractivity contribution in [3.63, 3.8) is 0 Å².